The Labute approximate surface area is 143 Å². The van der Waals surface area contributed by atoms with Gasteiger partial charge in [-0.1, -0.05) is 72.8 Å². The first-order chi connectivity index (χ1) is 11.8. The number of fused-ring (bicyclic) bond motifs is 2. The van der Waals surface area contributed by atoms with Crippen LogP contribution in [0, 0.1) is 0 Å². The van der Waals surface area contributed by atoms with Crippen LogP contribution >= 0.6 is 0 Å². The number of hydrogen-bond acceptors (Lipinski definition) is 1. The Morgan fingerprint density at radius 1 is 0.708 bits per heavy atom. The molecular weight excluding hydrogens is 290 g/mol. The van der Waals surface area contributed by atoms with Crippen LogP contribution in [0.2, 0.25) is 0 Å². The zero-order valence-corrected chi connectivity index (χ0v) is 13.7. The minimum atomic E-state index is 0.586. The highest BCUT2D eigenvalue weighted by molar-refractivity contribution is 5.94. The second kappa shape index (κ2) is 6.46. The summed E-state index contributed by atoms with van der Waals surface area (Å²) in [6.07, 6.45) is 4.50. The molecule has 0 aliphatic heterocycles. The van der Waals surface area contributed by atoms with Crippen molar-refractivity contribution < 1.29 is 0 Å². The van der Waals surface area contributed by atoms with Crippen LogP contribution in [0.4, 0.5) is 0 Å². The Morgan fingerprint density at radius 2 is 1.25 bits per heavy atom. The Morgan fingerprint density at radius 3 is 1.79 bits per heavy atom. The highest BCUT2D eigenvalue weighted by atomic mass is 14.5. The van der Waals surface area contributed by atoms with Gasteiger partial charge in [0.15, 0.2) is 0 Å². The number of aryl methyl sites for hydroxylation is 2. The molecule has 4 rings (SSSR count). The third-order valence-electron chi connectivity index (χ3n) is 4.81. The highest BCUT2D eigenvalue weighted by Gasteiger charge is 2.17. The smallest absolute Gasteiger partial charge is 0.0178 e. The van der Waals surface area contributed by atoms with Gasteiger partial charge < -0.3 is 5.73 Å². The van der Waals surface area contributed by atoms with Gasteiger partial charge in [-0.05, 0) is 57.9 Å². The van der Waals surface area contributed by atoms with Crippen molar-refractivity contribution in [1.29, 1.82) is 0 Å². The van der Waals surface area contributed by atoms with E-state index in [1.165, 1.54) is 39.0 Å². The third kappa shape index (κ3) is 2.79. The first-order valence-electron chi connectivity index (χ1n) is 8.52. The van der Waals surface area contributed by atoms with E-state index in [4.69, 9.17) is 5.73 Å². The lowest BCUT2D eigenvalue weighted by molar-refractivity contribution is 0.965. The Hall–Kier alpha value is -2.64. The molecule has 3 aromatic rings. The molecule has 0 atom stereocenters. The van der Waals surface area contributed by atoms with E-state index in [1.54, 1.807) is 0 Å². The summed E-state index contributed by atoms with van der Waals surface area (Å²) < 4.78 is 0. The molecule has 0 heterocycles. The third-order valence-corrected chi connectivity index (χ3v) is 4.81. The van der Waals surface area contributed by atoms with Gasteiger partial charge in [0.1, 0.15) is 0 Å². The van der Waals surface area contributed by atoms with Crippen LogP contribution in [-0.2, 0) is 19.4 Å². The summed E-state index contributed by atoms with van der Waals surface area (Å²) in [5.74, 6) is 0. The van der Waals surface area contributed by atoms with Gasteiger partial charge in [-0.15, -0.1) is 0 Å². The van der Waals surface area contributed by atoms with Gasteiger partial charge in [-0.25, -0.2) is 0 Å². The van der Waals surface area contributed by atoms with Crippen LogP contribution in [0.15, 0.2) is 72.8 Å². The predicted octanol–water partition coefficient (Wildman–Crippen LogP) is 4.83. The van der Waals surface area contributed by atoms with Crippen molar-refractivity contribution in [2.75, 3.05) is 0 Å². The molecule has 0 aromatic heterocycles. The van der Waals surface area contributed by atoms with Crippen molar-refractivity contribution in [3.8, 4) is 0 Å². The number of hydrogen-bond donors (Lipinski definition) is 1. The lowest BCUT2D eigenvalue weighted by Gasteiger charge is -2.12. The van der Waals surface area contributed by atoms with E-state index in [1.807, 2.05) is 0 Å². The minimum absolute atomic E-state index is 0.586. The van der Waals surface area contributed by atoms with Crippen molar-refractivity contribution >= 4 is 11.6 Å². The summed E-state index contributed by atoms with van der Waals surface area (Å²) in [7, 11) is 0. The van der Waals surface area contributed by atoms with Crippen LogP contribution in [0.5, 0.6) is 0 Å². The molecule has 1 heteroatoms. The van der Waals surface area contributed by atoms with Crippen molar-refractivity contribution in [1.82, 2.24) is 0 Å². The van der Waals surface area contributed by atoms with E-state index in [2.05, 4.69) is 78.9 Å². The lowest BCUT2D eigenvalue weighted by atomic mass is 9.92. The molecule has 118 valence electrons. The second-order valence-electron chi connectivity index (χ2n) is 6.32. The summed E-state index contributed by atoms with van der Waals surface area (Å²) >= 11 is 0. The fourth-order valence-electron chi connectivity index (χ4n) is 3.49. The van der Waals surface area contributed by atoms with Crippen molar-refractivity contribution in [2.45, 2.75) is 19.4 Å². The predicted molar refractivity (Wildman–Crippen MR) is 102 cm³/mol. The first kappa shape index (κ1) is 14.9. The number of benzene rings is 3. The molecule has 0 unspecified atom stereocenters. The fraction of sp³-hybridized carbons (Fsp3) is 0.130. The molecule has 24 heavy (non-hydrogen) atoms. The zero-order valence-electron chi connectivity index (χ0n) is 13.7. The van der Waals surface area contributed by atoms with Crippen LogP contribution in [0.25, 0.3) is 11.6 Å². The van der Waals surface area contributed by atoms with E-state index in [0.29, 0.717) is 6.54 Å². The molecule has 0 fully saturated rings. The molecule has 0 bridgehead atoms. The van der Waals surface area contributed by atoms with Crippen LogP contribution in [0.3, 0.4) is 0 Å². The van der Waals surface area contributed by atoms with Crippen LogP contribution < -0.4 is 5.73 Å². The standard InChI is InChI=1S/C23H21N/c24-16-18-11-9-17(10-12-18)15-23-21-7-3-1-5-19(21)13-14-20-6-2-4-8-22(20)23/h1-12,15H,13-14,16,24H2. The van der Waals surface area contributed by atoms with Gasteiger partial charge in [0, 0.05) is 6.54 Å². The Bertz CT molecular complexity index is 838. The normalized spacial score (nSPS) is 13.0. The van der Waals surface area contributed by atoms with E-state index < -0.39 is 0 Å². The topological polar surface area (TPSA) is 26.0 Å². The van der Waals surface area contributed by atoms with Gasteiger partial charge >= 0.3 is 0 Å². The summed E-state index contributed by atoms with van der Waals surface area (Å²) in [6, 6.07) is 26.1. The lowest BCUT2D eigenvalue weighted by Crippen LogP contribution is -1.95. The molecule has 0 saturated heterocycles. The van der Waals surface area contributed by atoms with E-state index in [-0.39, 0.29) is 0 Å². The summed E-state index contributed by atoms with van der Waals surface area (Å²) in [5, 5.41) is 0. The van der Waals surface area contributed by atoms with Gasteiger partial charge in [0.05, 0.1) is 0 Å². The average molecular weight is 311 g/mol. The first-order valence-corrected chi connectivity index (χ1v) is 8.52. The molecule has 1 aliphatic rings. The fourth-order valence-corrected chi connectivity index (χ4v) is 3.49. The Balaban J connectivity index is 1.90. The second-order valence-corrected chi connectivity index (χ2v) is 6.32. The molecule has 0 spiro atoms. The largest absolute Gasteiger partial charge is 0.326 e. The molecule has 0 saturated carbocycles. The molecule has 1 aliphatic carbocycles. The van der Waals surface area contributed by atoms with Gasteiger partial charge in [0.2, 0.25) is 0 Å². The van der Waals surface area contributed by atoms with E-state index >= 15 is 0 Å². The Kier molecular flexibility index (Phi) is 4.02. The van der Waals surface area contributed by atoms with E-state index in [0.717, 1.165) is 12.8 Å². The van der Waals surface area contributed by atoms with Crippen molar-refractivity contribution in [3.63, 3.8) is 0 Å². The van der Waals surface area contributed by atoms with E-state index in [9.17, 15) is 0 Å². The van der Waals surface area contributed by atoms with Crippen molar-refractivity contribution in [2.24, 2.45) is 5.73 Å². The molecule has 0 amide bonds. The van der Waals surface area contributed by atoms with Gasteiger partial charge in [-0.2, -0.15) is 0 Å². The monoisotopic (exact) mass is 311 g/mol. The quantitative estimate of drug-likeness (QED) is 0.720. The molecule has 1 nitrogen and oxygen atoms in total. The average Bonchev–Trinajstić information content (AvgIpc) is 2.80. The summed E-state index contributed by atoms with van der Waals surface area (Å²) in [4.78, 5) is 0. The maximum Gasteiger partial charge on any atom is 0.0178 e. The summed E-state index contributed by atoms with van der Waals surface area (Å²) in [5.41, 5.74) is 15.0. The SMILES string of the molecule is NCc1ccc(C=C2c3ccccc3CCc3ccccc32)cc1. The number of rotatable bonds is 2. The maximum absolute atomic E-state index is 5.72. The van der Waals surface area contributed by atoms with Crippen molar-refractivity contribution in [3.05, 3.63) is 106 Å². The zero-order chi connectivity index (χ0) is 16.4. The molecule has 2 N–H and O–H groups in total. The maximum atomic E-state index is 5.72. The molecule has 3 aromatic carbocycles. The molecular formula is C23H21N. The van der Waals surface area contributed by atoms with Gasteiger partial charge in [-0.3, -0.25) is 0 Å². The van der Waals surface area contributed by atoms with Gasteiger partial charge in [0.25, 0.3) is 0 Å². The summed E-state index contributed by atoms with van der Waals surface area (Å²) in [6.45, 7) is 0.586. The van der Waals surface area contributed by atoms with Crippen LogP contribution in [0.1, 0.15) is 33.4 Å². The molecule has 0 radical (unpaired) electrons. The van der Waals surface area contributed by atoms with Crippen LogP contribution in [-0.4, -0.2) is 0 Å². The number of nitrogens with two attached hydrogens (primary N) is 1. The highest BCUT2D eigenvalue weighted by Crippen LogP contribution is 2.34. The minimum Gasteiger partial charge on any atom is -0.326 e.